The fourth-order valence-corrected chi connectivity index (χ4v) is 1.42. The van der Waals surface area contributed by atoms with Gasteiger partial charge in [0.15, 0.2) is 0 Å². The molecule has 114 valence electrons. The van der Waals surface area contributed by atoms with Crippen LogP contribution in [0.2, 0.25) is 0 Å². The number of nitrogens with one attached hydrogen (secondary N) is 1. The van der Waals surface area contributed by atoms with Crippen LogP contribution in [-0.2, 0) is 14.3 Å². The zero-order valence-electron chi connectivity index (χ0n) is 12.6. The van der Waals surface area contributed by atoms with Gasteiger partial charge in [-0.25, -0.2) is 4.79 Å². The lowest BCUT2D eigenvalue weighted by atomic mass is 10.2. The number of hydrogen-bond donors (Lipinski definition) is 1. The highest BCUT2D eigenvalue weighted by molar-refractivity contribution is 6.02. The molecule has 21 heavy (non-hydrogen) atoms. The van der Waals surface area contributed by atoms with Gasteiger partial charge in [-0.2, -0.15) is 0 Å². The predicted molar refractivity (Wildman–Crippen MR) is 81.2 cm³/mol. The van der Waals surface area contributed by atoms with Gasteiger partial charge in [-0.1, -0.05) is 13.8 Å². The summed E-state index contributed by atoms with van der Waals surface area (Å²) < 4.78 is 10.2. The molecular formula is C16H21NO4. The molecule has 5 heteroatoms. The number of hydrogen-bond acceptors (Lipinski definition) is 4. The topological polar surface area (TPSA) is 64.6 Å². The molecule has 1 aromatic rings. The standard InChI is InChI=1S/C16H21NO4/c1-4-20-16(19)10-9-15(18)17-13-5-7-14(8-6-13)21-11-12(2)3/h5-10,12H,4,11H2,1-3H3,(H,17,18)/b10-9+. The Hall–Kier alpha value is -2.30. The van der Waals surface area contributed by atoms with Crippen molar-refractivity contribution in [1.29, 1.82) is 0 Å². The van der Waals surface area contributed by atoms with E-state index in [0.717, 1.165) is 17.9 Å². The van der Waals surface area contributed by atoms with Crippen molar-refractivity contribution in [2.24, 2.45) is 5.92 Å². The van der Waals surface area contributed by atoms with Crippen molar-refractivity contribution in [2.45, 2.75) is 20.8 Å². The van der Waals surface area contributed by atoms with E-state index in [1.54, 1.807) is 31.2 Å². The molecule has 1 rings (SSSR count). The fourth-order valence-electron chi connectivity index (χ4n) is 1.42. The smallest absolute Gasteiger partial charge is 0.330 e. The molecule has 0 aromatic heterocycles. The van der Waals surface area contributed by atoms with Crippen molar-refractivity contribution in [3.8, 4) is 5.75 Å². The van der Waals surface area contributed by atoms with E-state index in [-0.39, 0.29) is 12.5 Å². The Labute approximate surface area is 124 Å². The minimum atomic E-state index is -0.537. The van der Waals surface area contributed by atoms with Crippen LogP contribution in [0, 0.1) is 5.92 Å². The molecule has 0 radical (unpaired) electrons. The lowest BCUT2D eigenvalue weighted by Gasteiger charge is -2.09. The molecule has 0 aliphatic carbocycles. The molecule has 0 spiro atoms. The van der Waals surface area contributed by atoms with Crippen molar-refractivity contribution in [1.82, 2.24) is 0 Å². The maximum atomic E-state index is 11.6. The first-order valence-electron chi connectivity index (χ1n) is 6.90. The summed E-state index contributed by atoms with van der Waals surface area (Å²) in [5.41, 5.74) is 0.630. The van der Waals surface area contributed by atoms with E-state index >= 15 is 0 Å². The molecule has 0 atom stereocenters. The molecule has 0 unspecified atom stereocenters. The SMILES string of the molecule is CCOC(=O)/C=C/C(=O)Nc1ccc(OCC(C)C)cc1. The number of carbonyl (C=O) groups excluding carboxylic acids is 2. The van der Waals surface area contributed by atoms with E-state index in [9.17, 15) is 9.59 Å². The summed E-state index contributed by atoms with van der Waals surface area (Å²) in [7, 11) is 0. The number of benzene rings is 1. The second-order valence-electron chi connectivity index (χ2n) is 4.80. The Kier molecular flexibility index (Phi) is 7.01. The van der Waals surface area contributed by atoms with Crippen LogP contribution in [0.3, 0.4) is 0 Å². The first kappa shape index (κ1) is 16.8. The van der Waals surface area contributed by atoms with Crippen LogP contribution in [0.1, 0.15) is 20.8 Å². The number of amides is 1. The fraction of sp³-hybridized carbons (Fsp3) is 0.375. The van der Waals surface area contributed by atoms with Gasteiger partial charge in [0.2, 0.25) is 5.91 Å². The molecule has 0 saturated heterocycles. The second kappa shape index (κ2) is 8.79. The van der Waals surface area contributed by atoms with Crippen LogP contribution in [0.5, 0.6) is 5.75 Å². The maximum absolute atomic E-state index is 11.6. The third kappa shape index (κ3) is 7.15. The van der Waals surface area contributed by atoms with Gasteiger partial charge in [-0.3, -0.25) is 4.79 Å². The van der Waals surface area contributed by atoms with Crippen LogP contribution >= 0.6 is 0 Å². The number of carbonyl (C=O) groups is 2. The molecule has 1 N–H and O–H groups in total. The zero-order valence-corrected chi connectivity index (χ0v) is 12.6. The number of anilines is 1. The average molecular weight is 291 g/mol. The maximum Gasteiger partial charge on any atom is 0.330 e. The lowest BCUT2D eigenvalue weighted by molar-refractivity contribution is -0.137. The Morgan fingerprint density at radius 2 is 1.86 bits per heavy atom. The van der Waals surface area contributed by atoms with Gasteiger partial charge < -0.3 is 14.8 Å². The van der Waals surface area contributed by atoms with Crippen molar-refractivity contribution in [3.63, 3.8) is 0 Å². The number of ether oxygens (including phenoxy) is 2. The largest absolute Gasteiger partial charge is 0.493 e. The second-order valence-corrected chi connectivity index (χ2v) is 4.80. The third-order valence-corrected chi connectivity index (χ3v) is 2.36. The molecule has 1 aromatic carbocycles. The number of esters is 1. The molecule has 0 saturated carbocycles. The highest BCUT2D eigenvalue weighted by Gasteiger charge is 2.01. The molecule has 0 aliphatic heterocycles. The lowest BCUT2D eigenvalue weighted by Crippen LogP contribution is -2.09. The van der Waals surface area contributed by atoms with Crippen molar-refractivity contribution < 1.29 is 19.1 Å². The van der Waals surface area contributed by atoms with E-state index in [1.165, 1.54) is 0 Å². The summed E-state index contributed by atoms with van der Waals surface area (Å²) in [6.07, 6.45) is 2.24. The summed E-state index contributed by atoms with van der Waals surface area (Å²) in [6, 6.07) is 7.05. The Balaban J connectivity index is 2.48. The van der Waals surface area contributed by atoms with Crippen molar-refractivity contribution in [3.05, 3.63) is 36.4 Å². The van der Waals surface area contributed by atoms with Crippen LogP contribution in [-0.4, -0.2) is 25.1 Å². The van der Waals surface area contributed by atoms with E-state index in [0.29, 0.717) is 18.2 Å². The summed E-state index contributed by atoms with van der Waals surface area (Å²) in [5, 5.41) is 2.64. The first-order valence-corrected chi connectivity index (χ1v) is 6.90. The van der Waals surface area contributed by atoms with E-state index in [2.05, 4.69) is 23.9 Å². The zero-order chi connectivity index (χ0) is 15.7. The van der Waals surface area contributed by atoms with Gasteiger partial charge in [0.25, 0.3) is 0 Å². The summed E-state index contributed by atoms with van der Waals surface area (Å²) in [4.78, 5) is 22.7. The summed E-state index contributed by atoms with van der Waals surface area (Å²) in [5.74, 6) is 0.283. The molecule has 1 amide bonds. The molecule has 0 bridgehead atoms. The van der Waals surface area contributed by atoms with Gasteiger partial charge in [-0.15, -0.1) is 0 Å². The minimum Gasteiger partial charge on any atom is -0.493 e. The van der Waals surface area contributed by atoms with E-state index in [4.69, 9.17) is 4.74 Å². The minimum absolute atomic E-state index is 0.280. The predicted octanol–water partition coefficient (Wildman–Crippen LogP) is 2.78. The van der Waals surface area contributed by atoms with Crippen LogP contribution < -0.4 is 10.1 Å². The van der Waals surface area contributed by atoms with E-state index < -0.39 is 5.97 Å². The molecule has 0 fully saturated rings. The number of rotatable bonds is 7. The van der Waals surface area contributed by atoms with Crippen LogP contribution in [0.15, 0.2) is 36.4 Å². The Morgan fingerprint density at radius 1 is 1.19 bits per heavy atom. The quantitative estimate of drug-likeness (QED) is 0.619. The normalized spacial score (nSPS) is 10.7. The summed E-state index contributed by atoms with van der Waals surface area (Å²) >= 11 is 0. The average Bonchev–Trinajstić information content (AvgIpc) is 2.45. The monoisotopic (exact) mass is 291 g/mol. The van der Waals surface area contributed by atoms with Gasteiger partial charge in [-0.05, 0) is 37.1 Å². The highest BCUT2D eigenvalue weighted by Crippen LogP contribution is 2.16. The van der Waals surface area contributed by atoms with Gasteiger partial charge in [0.1, 0.15) is 5.75 Å². The Morgan fingerprint density at radius 3 is 2.43 bits per heavy atom. The van der Waals surface area contributed by atoms with E-state index in [1.807, 2.05) is 0 Å². The third-order valence-electron chi connectivity index (χ3n) is 2.36. The molecule has 0 aliphatic rings. The first-order chi connectivity index (χ1) is 10.0. The van der Waals surface area contributed by atoms with Gasteiger partial charge in [0, 0.05) is 17.8 Å². The highest BCUT2D eigenvalue weighted by atomic mass is 16.5. The van der Waals surface area contributed by atoms with Gasteiger partial charge >= 0.3 is 5.97 Å². The van der Waals surface area contributed by atoms with Crippen molar-refractivity contribution >= 4 is 17.6 Å². The Bertz CT molecular complexity index is 492. The van der Waals surface area contributed by atoms with Crippen LogP contribution in [0.25, 0.3) is 0 Å². The molecule has 0 heterocycles. The van der Waals surface area contributed by atoms with Gasteiger partial charge in [0.05, 0.1) is 13.2 Å². The van der Waals surface area contributed by atoms with Crippen molar-refractivity contribution in [2.75, 3.05) is 18.5 Å². The molecule has 5 nitrogen and oxygen atoms in total. The van der Waals surface area contributed by atoms with Crippen LogP contribution in [0.4, 0.5) is 5.69 Å². The molecular weight excluding hydrogens is 270 g/mol. The summed E-state index contributed by atoms with van der Waals surface area (Å²) in [6.45, 7) is 6.78.